The molecule has 0 fully saturated rings. The summed E-state index contributed by atoms with van der Waals surface area (Å²) >= 11 is 0. The molecule has 1 aromatic heterocycles. The molecule has 4 nitrogen and oxygen atoms in total. The van der Waals surface area contributed by atoms with Crippen LogP contribution in [-0.2, 0) is 6.61 Å². The van der Waals surface area contributed by atoms with E-state index in [1.165, 1.54) is 25.3 Å². The van der Waals surface area contributed by atoms with Crippen molar-refractivity contribution in [3.63, 3.8) is 0 Å². The van der Waals surface area contributed by atoms with Crippen molar-refractivity contribution in [1.82, 2.24) is 4.98 Å². The number of nitrogens with zero attached hydrogens (tertiary/aromatic N) is 2. The van der Waals surface area contributed by atoms with Crippen molar-refractivity contribution in [2.45, 2.75) is 19.6 Å². The van der Waals surface area contributed by atoms with Crippen molar-refractivity contribution >= 4 is 0 Å². The van der Waals surface area contributed by atoms with Gasteiger partial charge >= 0.3 is 0 Å². The van der Waals surface area contributed by atoms with Gasteiger partial charge in [0, 0.05) is 17.8 Å². The van der Waals surface area contributed by atoms with E-state index >= 15 is 0 Å². The second-order valence-electron chi connectivity index (χ2n) is 4.31. The van der Waals surface area contributed by atoms with Gasteiger partial charge in [-0.1, -0.05) is 0 Å². The number of aliphatic hydroxyl groups excluding tert-OH is 1. The van der Waals surface area contributed by atoms with E-state index in [-0.39, 0.29) is 12.2 Å². The summed E-state index contributed by atoms with van der Waals surface area (Å²) in [5, 5.41) is 18.1. The fourth-order valence-electron chi connectivity index (χ4n) is 1.73. The second kappa shape index (κ2) is 6.13. The molecule has 2 aromatic rings. The van der Waals surface area contributed by atoms with Crippen LogP contribution in [0.2, 0.25) is 0 Å². The lowest BCUT2D eigenvalue weighted by molar-refractivity contribution is 0.194. The van der Waals surface area contributed by atoms with Gasteiger partial charge in [-0.2, -0.15) is 5.26 Å². The highest BCUT2D eigenvalue weighted by molar-refractivity contribution is 5.31. The Morgan fingerprint density at radius 1 is 1.40 bits per heavy atom. The Morgan fingerprint density at radius 2 is 2.20 bits per heavy atom. The Morgan fingerprint density at radius 3 is 2.85 bits per heavy atom. The molecular formula is C15H13FN2O2. The van der Waals surface area contributed by atoms with Crippen LogP contribution < -0.4 is 4.74 Å². The Bertz CT molecular complexity index is 651. The number of pyridine rings is 1. The number of rotatable bonds is 4. The summed E-state index contributed by atoms with van der Waals surface area (Å²) in [5.74, 6) is -0.146. The summed E-state index contributed by atoms with van der Waals surface area (Å²) in [6, 6.07) is 9.59. The third kappa shape index (κ3) is 3.31. The van der Waals surface area contributed by atoms with E-state index in [9.17, 15) is 9.50 Å². The molecule has 0 radical (unpaired) electrons. The minimum atomic E-state index is -0.859. The number of hydrogen-bond acceptors (Lipinski definition) is 4. The van der Waals surface area contributed by atoms with Crippen LogP contribution in [0.4, 0.5) is 4.39 Å². The lowest BCUT2D eigenvalue weighted by Gasteiger charge is -2.10. The quantitative estimate of drug-likeness (QED) is 0.929. The van der Waals surface area contributed by atoms with E-state index in [2.05, 4.69) is 4.98 Å². The Kier molecular flexibility index (Phi) is 4.28. The topological polar surface area (TPSA) is 66.1 Å². The molecule has 1 atom stereocenters. The Hall–Kier alpha value is -2.45. The van der Waals surface area contributed by atoms with Crippen LogP contribution in [0.5, 0.6) is 5.75 Å². The monoisotopic (exact) mass is 272 g/mol. The SMILES string of the molecule is CC(O)c1ccc(OCc2ccnc(C#N)c2)cc1F. The minimum Gasteiger partial charge on any atom is -0.489 e. The van der Waals surface area contributed by atoms with Crippen LogP contribution in [0, 0.1) is 17.1 Å². The average Bonchev–Trinajstić information content (AvgIpc) is 2.45. The molecule has 2 rings (SSSR count). The van der Waals surface area contributed by atoms with E-state index in [1.54, 1.807) is 18.2 Å². The van der Waals surface area contributed by atoms with E-state index in [0.29, 0.717) is 11.4 Å². The van der Waals surface area contributed by atoms with Gasteiger partial charge in [0.05, 0.1) is 6.10 Å². The molecule has 0 saturated carbocycles. The highest BCUT2D eigenvalue weighted by Crippen LogP contribution is 2.22. The fourth-order valence-corrected chi connectivity index (χ4v) is 1.73. The summed E-state index contributed by atoms with van der Waals surface area (Å²) in [6.07, 6.45) is 0.663. The summed E-state index contributed by atoms with van der Waals surface area (Å²) in [4.78, 5) is 3.85. The molecule has 0 saturated heterocycles. The van der Waals surface area contributed by atoms with Gasteiger partial charge in [-0.3, -0.25) is 0 Å². The molecular weight excluding hydrogens is 259 g/mol. The molecule has 1 heterocycles. The maximum Gasteiger partial charge on any atom is 0.140 e. The van der Waals surface area contributed by atoms with Gasteiger partial charge in [0.1, 0.15) is 29.9 Å². The van der Waals surface area contributed by atoms with Gasteiger partial charge in [0.25, 0.3) is 0 Å². The molecule has 1 aromatic carbocycles. The third-order valence-corrected chi connectivity index (χ3v) is 2.77. The molecule has 0 aliphatic rings. The normalized spacial score (nSPS) is 11.7. The van der Waals surface area contributed by atoms with Crippen LogP contribution in [0.15, 0.2) is 36.5 Å². The number of nitriles is 1. The summed E-state index contributed by atoms with van der Waals surface area (Å²) in [6.45, 7) is 1.71. The predicted molar refractivity (Wildman–Crippen MR) is 70.3 cm³/mol. The predicted octanol–water partition coefficient (Wildman–Crippen LogP) is 2.72. The van der Waals surface area contributed by atoms with Gasteiger partial charge in [-0.05, 0) is 36.8 Å². The number of aromatic nitrogens is 1. The molecule has 0 aliphatic heterocycles. The molecule has 1 unspecified atom stereocenters. The first kappa shape index (κ1) is 14.0. The number of benzene rings is 1. The van der Waals surface area contributed by atoms with E-state index in [4.69, 9.17) is 10.00 Å². The smallest absolute Gasteiger partial charge is 0.140 e. The standard InChI is InChI=1S/C15H13FN2O2/c1-10(19)14-3-2-13(7-15(14)16)20-9-11-4-5-18-12(6-11)8-17/h2-7,10,19H,9H2,1H3. The zero-order valence-corrected chi connectivity index (χ0v) is 10.9. The largest absolute Gasteiger partial charge is 0.489 e. The van der Waals surface area contributed by atoms with Crippen LogP contribution in [0.1, 0.15) is 29.8 Å². The van der Waals surface area contributed by atoms with E-state index < -0.39 is 11.9 Å². The summed E-state index contributed by atoms with van der Waals surface area (Å²) < 4.78 is 19.1. The number of hydrogen-bond donors (Lipinski definition) is 1. The third-order valence-electron chi connectivity index (χ3n) is 2.77. The van der Waals surface area contributed by atoms with Gasteiger partial charge in [0.15, 0.2) is 0 Å². The van der Waals surface area contributed by atoms with Crippen molar-refractivity contribution in [3.8, 4) is 11.8 Å². The van der Waals surface area contributed by atoms with Crippen LogP contribution in [-0.4, -0.2) is 10.1 Å². The van der Waals surface area contributed by atoms with Crippen molar-refractivity contribution in [2.75, 3.05) is 0 Å². The van der Waals surface area contributed by atoms with E-state index in [0.717, 1.165) is 5.56 Å². The zero-order chi connectivity index (χ0) is 14.5. The van der Waals surface area contributed by atoms with Gasteiger partial charge in [-0.15, -0.1) is 0 Å². The lowest BCUT2D eigenvalue weighted by atomic mass is 10.1. The highest BCUT2D eigenvalue weighted by Gasteiger charge is 2.09. The van der Waals surface area contributed by atoms with Crippen LogP contribution >= 0.6 is 0 Å². The first-order valence-corrected chi connectivity index (χ1v) is 6.05. The molecule has 0 spiro atoms. The maximum absolute atomic E-state index is 13.7. The summed E-state index contributed by atoms with van der Waals surface area (Å²) in [7, 11) is 0. The van der Waals surface area contributed by atoms with Crippen molar-refractivity contribution in [1.29, 1.82) is 5.26 Å². The van der Waals surface area contributed by atoms with Crippen molar-refractivity contribution < 1.29 is 14.2 Å². The van der Waals surface area contributed by atoms with E-state index in [1.807, 2.05) is 6.07 Å². The van der Waals surface area contributed by atoms with Crippen molar-refractivity contribution in [2.24, 2.45) is 0 Å². The molecule has 102 valence electrons. The number of ether oxygens (including phenoxy) is 1. The Balaban J connectivity index is 2.07. The maximum atomic E-state index is 13.7. The zero-order valence-electron chi connectivity index (χ0n) is 10.9. The second-order valence-corrected chi connectivity index (χ2v) is 4.31. The first-order chi connectivity index (χ1) is 9.60. The van der Waals surface area contributed by atoms with Crippen molar-refractivity contribution in [3.05, 3.63) is 59.2 Å². The minimum absolute atomic E-state index is 0.213. The Labute approximate surface area is 116 Å². The molecule has 1 N–H and O–H groups in total. The average molecular weight is 272 g/mol. The molecule has 0 amide bonds. The number of halogens is 1. The number of aliphatic hydroxyl groups is 1. The molecule has 0 aliphatic carbocycles. The van der Waals surface area contributed by atoms with Crippen LogP contribution in [0.3, 0.4) is 0 Å². The van der Waals surface area contributed by atoms with Gasteiger partial charge < -0.3 is 9.84 Å². The lowest BCUT2D eigenvalue weighted by Crippen LogP contribution is -2.00. The fraction of sp³-hybridized carbons (Fsp3) is 0.200. The van der Waals surface area contributed by atoms with Gasteiger partial charge in [-0.25, -0.2) is 9.37 Å². The van der Waals surface area contributed by atoms with Gasteiger partial charge in [0.2, 0.25) is 0 Å². The molecule has 20 heavy (non-hydrogen) atoms. The summed E-state index contributed by atoms with van der Waals surface area (Å²) in [5.41, 5.74) is 1.31. The molecule has 0 bridgehead atoms. The van der Waals surface area contributed by atoms with Crippen LogP contribution in [0.25, 0.3) is 0 Å². The molecule has 5 heteroatoms. The first-order valence-electron chi connectivity index (χ1n) is 6.05. The highest BCUT2D eigenvalue weighted by atomic mass is 19.1.